The van der Waals surface area contributed by atoms with Crippen LogP contribution in [0.4, 0.5) is 0 Å². The maximum atomic E-state index is 5.40. The topological polar surface area (TPSA) is 45.7 Å². The molecule has 0 atom stereocenters. The normalized spacial score (nSPS) is 12.3. The van der Waals surface area contributed by atoms with Crippen LogP contribution in [0.15, 0.2) is 29.3 Å². The van der Waals surface area contributed by atoms with Crippen molar-refractivity contribution in [1.82, 2.24) is 10.6 Å². The number of ether oxygens (including phenoxy) is 1. The van der Waals surface area contributed by atoms with E-state index in [1.165, 1.54) is 11.1 Å². The van der Waals surface area contributed by atoms with Crippen LogP contribution < -0.4 is 10.6 Å². The lowest BCUT2D eigenvalue weighted by atomic mass is 10.1. The Morgan fingerprint density at radius 3 is 2.24 bits per heavy atom. The average Bonchev–Trinajstić information content (AvgIpc) is 2.42. The molecule has 0 spiro atoms. The summed E-state index contributed by atoms with van der Waals surface area (Å²) in [5.74, 6) is 0.850. The van der Waals surface area contributed by atoms with E-state index in [9.17, 15) is 0 Å². The molecule has 0 saturated heterocycles. The second kappa shape index (κ2) is 8.67. The molecule has 0 aliphatic carbocycles. The van der Waals surface area contributed by atoms with Gasteiger partial charge in [0, 0.05) is 18.7 Å². The molecule has 1 aromatic carbocycles. The first-order chi connectivity index (χ1) is 9.94. The highest BCUT2D eigenvalue weighted by Gasteiger charge is 2.11. The van der Waals surface area contributed by atoms with Crippen LogP contribution in [0, 0.1) is 0 Å². The van der Waals surface area contributed by atoms with Crippen LogP contribution in [0.25, 0.3) is 0 Å². The van der Waals surface area contributed by atoms with E-state index in [0.29, 0.717) is 13.2 Å². The number of guanidine groups is 1. The van der Waals surface area contributed by atoms with Crippen molar-refractivity contribution in [3.63, 3.8) is 0 Å². The summed E-state index contributed by atoms with van der Waals surface area (Å²) >= 11 is 0. The van der Waals surface area contributed by atoms with Crippen molar-refractivity contribution < 1.29 is 4.74 Å². The van der Waals surface area contributed by atoms with Gasteiger partial charge in [0.15, 0.2) is 5.96 Å². The van der Waals surface area contributed by atoms with Crippen molar-refractivity contribution in [1.29, 1.82) is 0 Å². The van der Waals surface area contributed by atoms with E-state index in [0.717, 1.165) is 19.1 Å². The largest absolute Gasteiger partial charge is 0.377 e. The molecule has 0 aromatic heterocycles. The number of aliphatic imine (C=N–C) groups is 1. The summed E-state index contributed by atoms with van der Waals surface area (Å²) in [7, 11) is 0. The third kappa shape index (κ3) is 7.71. The molecule has 4 nitrogen and oxygen atoms in total. The van der Waals surface area contributed by atoms with Crippen molar-refractivity contribution in [2.45, 2.75) is 53.3 Å². The quantitative estimate of drug-likeness (QED) is 0.625. The molecule has 0 aliphatic rings. The Balaban J connectivity index is 2.62. The highest BCUT2D eigenvalue weighted by Crippen LogP contribution is 2.07. The summed E-state index contributed by atoms with van der Waals surface area (Å²) in [6.45, 7) is 13.4. The minimum Gasteiger partial charge on any atom is -0.377 e. The standard InChI is InChI=1S/C17H29N3O/c1-6-18-16(20-17(3,4)5)19-12-14-8-10-15(11-9-14)13-21-7-2/h8-11H,6-7,12-13H2,1-5H3,(H2,18,19,20). The number of nitrogens with one attached hydrogen (secondary N) is 2. The Kier molecular flexibility index (Phi) is 7.23. The minimum absolute atomic E-state index is 0.00233. The Hall–Kier alpha value is -1.55. The van der Waals surface area contributed by atoms with Gasteiger partial charge >= 0.3 is 0 Å². The van der Waals surface area contributed by atoms with E-state index in [1.54, 1.807) is 0 Å². The number of hydrogen-bond donors (Lipinski definition) is 2. The fourth-order valence-corrected chi connectivity index (χ4v) is 1.79. The number of hydrogen-bond acceptors (Lipinski definition) is 2. The summed E-state index contributed by atoms with van der Waals surface area (Å²) in [6, 6.07) is 8.42. The molecule has 118 valence electrons. The third-order valence-corrected chi connectivity index (χ3v) is 2.75. The third-order valence-electron chi connectivity index (χ3n) is 2.75. The van der Waals surface area contributed by atoms with Gasteiger partial charge in [0.2, 0.25) is 0 Å². The van der Waals surface area contributed by atoms with E-state index in [1.807, 2.05) is 6.92 Å². The van der Waals surface area contributed by atoms with Gasteiger partial charge in [-0.05, 0) is 45.7 Å². The Labute approximate surface area is 129 Å². The molecular formula is C17H29N3O. The molecule has 0 amide bonds. The smallest absolute Gasteiger partial charge is 0.191 e. The molecule has 2 N–H and O–H groups in total. The number of rotatable bonds is 6. The van der Waals surface area contributed by atoms with E-state index in [-0.39, 0.29) is 5.54 Å². The van der Waals surface area contributed by atoms with Crippen molar-refractivity contribution in [2.75, 3.05) is 13.2 Å². The van der Waals surface area contributed by atoms with Gasteiger partial charge in [-0.15, -0.1) is 0 Å². The van der Waals surface area contributed by atoms with Crippen LogP contribution >= 0.6 is 0 Å². The van der Waals surface area contributed by atoms with Gasteiger partial charge in [-0.25, -0.2) is 4.99 Å². The molecule has 1 rings (SSSR count). The first-order valence-electron chi connectivity index (χ1n) is 7.66. The van der Waals surface area contributed by atoms with Gasteiger partial charge in [-0.3, -0.25) is 0 Å². The van der Waals surface area contributed by atoms with Crippen molar-refractivity contribution in [3.8, 4) is 0 Å². The zero-order chi connectivity index (χ0) is 15.7. The summed E-state index contributed by atoms with van der Waals surface area (Å²) in [6.07, 6.45) is 0. The molecule has 0 fully saturated rings. The monoisotopic (exact) mass is 291 g/mol. The predicted octanol–water partition coefficient (Wildman–Crippen LogP) is 3.08. The van der Waals surface area contributed by atoms with Crippen molar-refractivity contribution in [2.24, 2.45) is 4.99 Å². The van der Waals surface area contributed by atoms with Crippen LogP contribution in [0.5, 0.6) is 0 Å². The van der Waals surface area contributed by atoms with Gasteiger partial charge in [-0.1, -0.05) is 24.3 Å². The lowest BCUT2D eigenvalue weighted by molar-refractivity contribution is 0.134. The molecule has 1 aromatic rings. The van der Waals surface area contributed by atoms with Gasteiger partial charge in [0.05, 0.1) is 13.2 Å². The van der Waals surface area contributed by atoms with Gasteiger partial charge in [-0.2, -0.15) is 0 Å². The van der Waals surface area contributed by atoms with Crippen LogP contribution in [-0.4, -0.2) is 24.7 Å². The van der Waals surface area contributed by atoms with E-state index in [2.05, 4.69) is 67.6 Å². The summed E-state index contributed by atoms with van der Waals surface area (Å²) in [4.78, 5) is 4.62. The van der Waals surface area contributed by atoms with Crippen molar-refractivity contribution >= 4 is 5.96 Å². The Morgan fingerprint density at radius 2 is 1.71 bits per heavy atom. The summed E-state index contributed by atoms with van der Waals surface area (Å²) in [5, 5.41) is 6.65. The second-order valence-corrected chi connectivity index (χ2v) is 6.02. The minimum atomic E-state index is 0.00233. The second-order valence-electron chi connectivity index (χ2n) is 6.02. The predicted molar refractivity (Wildman–Crippen MR) is 89.5 cm³/mol. The molecule has 0 unspecified atom stereocenters. The number of nitrogens with zero attached hydrogens (tertiary/aromatic N) is 1. The zero-order valence-corrected chi connectivity index (χ0v) is 14.0. The maximum Gasteiger partial charge on any atom is 0.191 e. The summed E-state index contributed by atoms with van der Waals surface area (Å²) < 4.78 is 5.40. The molecule has 21 heavy (non-hydrogen) atoms. The fourth-order valence-electron chi connectivity index (χ4n) is 1.79. The molecule has 0 aliphatic heterocycles. The van der Waals surface area contributed by atoms with Crippen LogP contribution in [0.2, 0.25) is 0 Å². The molecule has 0 bridgehead atoms. The molecule has 0 radical (unpaired) electrons. The number of benzene rings is 1. The van der Waals surface area contributed by atoms with E-state index in [4.69, 9.17) is 4.74 Å². The van der Waals surface area contributed by atoms with Gasteiger partial charge < -0.3 is 15.4 Å². The SMILES string of the molecule is CCNC(=NCc1ccc(COCC)cc1)NC(C)(C)C. The van der Waals surface area contributed by atoms with E-state index >= 15 is 0 Å². The first-order valence-corrected chi connectivity index (χ1v) is 7.66. The Bertz CT molecular complexity index is 432. The molecule has 0 saturated carbocycles. The van der Waals surface area contributed by atoms with Crippen LogP contribution in [0.3, 0.4) is 0 Å². The van der Waals surface area contributed by atoms with Crippen molar-refractivity contribution in [3.05, 3.63) is 35.4 Å². The molecule has 4 heteroatoms. The lowest BCUT2D eigenvalue weighted by Gasteiger charge is -2.23. The van der Waals surface area contributed by atoms with Gasteiger partial charge in [0.1, 0.15) is 0 Å². The fraction of sp³-hybridized carbons (Fsp3) is 0.588. The molecule has 0 heterocycles. The summed E-state index contributed by atoms with van der Waals surface area (Å²) in [5.41, 5.74) is 2.40. The van der Waals surface area contributed by atoms with E-state index < -0.39 is 0 Å². The van der Waals surface area contributed by atoms with Crippen LogP contribution in [-0.2, 0) is 17.9 Å². The lowest BCUT2D eigenvalue weighted by Crippen LogP contribution is -2.47. The highest BCUT2D eigenvalue weighted by atomic mass is 16.5. The zero-order valence-electron chi connectivity index (χ0n) is 14.0. The Morgan fingerprint density at radius 1 is 1.10 bits per heavy atom. The highest BCUT2D eigenvalue weighted by molar-refractivity contribution is 5.80. The first kappa shape index (κ1) is 17.5. The average molecular weight is 291 g/mol. The maximum absolute atomic E-state index is 5.40. The molecular weight excluding hydrogens is 262 g/mol. The van der Waals surface area contributed by atoms with Crippen LogP contribution in [0.1, 0.15) is 45.7 Å². The van der Waals surface area contributed by atoms with Gasteiger partial charge in [0.25, 0.3) is 0 Å².